The average Bonchev–Trinajstić information content (AvgIpc) is 4.11. The first-order valence-corrected chi connectivity index (χ1v) is 23.7. The summed E-state index contributed by atoms with van der Waals surface area (Å²) in [6, 6.07) is 28.0. The number of imidazole rings is 2. The third kappa shape index (κ3) is 9.94. The van der Waals surface area contributed by atoms with Crippen LogP contribution in [0.4, 0.5) is 9.59 Å². The molecular weight excluding hydrogens is 873 g/mol. The molecule has 4 atom stereocenters. The summed E-state index contributed by atoms with van der Waals surface area (Å²) in [4.78, 5) is 73.7. The van der Waals surface area contributed by atoms with Crippen molar-refractivity contribution in [3.8, 4) is 23.5 Å². The molecule has 1 aliphatic carbocycles. The van der Waals surface area contributed by atoms with Crippen LogP contribution in [0.1, 0.15) is 75.2 Å². The van der Waals surface area contributed by atoms with Gasteiger partial charge in [0.2, 0.25) is 5.91 Å². The van der Waals surface area contributed by atoms with E-state index in [1.807, 2.05) is 61.2 Å². The van der Waals surface area contributed by atoms with Crippen LogP contribution in [0, 0.1) is 30.1 Å². The predicted molar refractivity (Wildman–Crippen MR) is 265 cm³/mol. The molecule has 1 aliphatic heterocycles. The molecule has 4 N–H and O–H groups in total. The Hall–Kier alpha value is -7.44. The lowest BCUT2D eigenvalue weighted by Crippen LogP contribution is -2.51. The maximum atomic E-state index is 14.6. The maximum Gasteiger partial charge on any atom is 0.407 e. The Bertz CT molecular complexity index is 3060. The number of terminal acetylenes is 1. The Balaban J connectivity index is 0.976. The zero-order valence-corrected chi connectivity index (χ0v) is 39.4. The van der Waals surface area contributed by atoms with E-state index in [1.165, 1.54) is 33.5 Å². The number of ether oxygens (including phenoxy) is 3. The van der Waals surface area contributed by atoms with Gasteiger partial charge in [0.05, 0.1) is 55.5 Å². The molecule has 2 aromatic heterocycles. The highest BCUT2D eigenvalue weighted by Gasteiger charge is 2.41. The molecule has 1 saturated heterocycles. The van der Waals surface area contributed by atoms with Gasteiger partial charge in [0, 0.05) is 42.8 Å². The molecule has 2 aliphatic rings. The Morgan fingerprint density at radius 2 is 1.45 bits per heavy atom. The van der Waals surface area contributed by atoms with E-state index in [1.54, 1.807) is 4.90 Å². The predicted octanol–water partition coefficient (Wildman–Crippen LogP) is 8.95. The first kappa shape index (κ1) is 46.7. The number of fused-ring (bicyclic) bond motifs is 6. The van der Waals surface area contributed by atoms with E-state index in [-0.39, 0.29) is 36.2 Å². The zero-order chi connectivity index (χ0) is 48.2. The number of benzene rings is 5. The minimum atomic E-state index is -0.947. The van der Waals surface area contributed by atoms with Crippen LogP contribution in [0.2, 0.25) is 0 Å². The Morgan fingerprint density at radius 1 is 0.812 bits per heavy atom. The van der Waals surface area contributed by atoms with Crippen LogP contribution < -0.4 is 10.6 Å². The van der Waals surface area contributed by atoms with Gasteiger partial charge in [0.1, 0.15) is 23.7 Å². The number of hydrogen-bond donors (Lipinski definition) is 4. The van der Waals surface area contributed by atoms with E-state index < -0.39 is 24.3 Å². The van der Waals surface area contributed by atoms with E-state index in [2.05, 4.69) is 75.1 Å². The number of nitrogens with one attached hydrogen (secondary N) is 4. The smallest absolute Gasteiger partial charge is 0.407 e. The molecule has 0 bridgehead atoms. The van der Waals surface area contributed by atoms with Crippen molar-refractivity contribution in [2.24, 2.45) is 17.8 Å². The monoisotopic (exact) mass is 930 g/mol. The van der Waals surface area contributed by atoms with Crippen LogP contribution in [-0.4, -0.2) is 100 Å². The van der Waals surface area contributed by atoms with Gasteiger partial charge in [0.25, 0.3) is 5.91 Å². The number of carbonyl (C=O) groups excluding carboxylic acids is 4. The molecule has 0 radical (unpaired) electrons. The van der Waals surface area contributed by atoms with Crippen molar-refractivity contribution in [1.82, 2.24) is 40.4 Å². The van der Waals surface area contributed by atoms with E-state index >= 15 is 0 Å². The third-order valence-electron chi connectivity index (χ3n) is 13.7. The summed E-state index contributed by atoms with van der Waals surface area (Å²) in [6.45, 7) is 5.93. The maximum absolute atomic E-state index is 14.6. The summed E-state index contributed by atoms with van der Waals surface area (Å²) in [6.07, 6.45) is 8.89. The van der Waals surface area contributed by atoms with Gasteiger partial charge in [-0.2, -0.15) is 0 Å². The molecule has 3 heterocycles. The lowest BCUT2D eigenvalue weighted by atomic mass is 9.86. The fourth-order valence-corrected chi connectivity index (χ4v) is 9.69. The molecule has 4 amide bonds. The highest BCUT2D eigenvalue weighted by atomic mass is 16.5. The summed E-state index contributed by atoms with van der Waals surface area (Å²) >= 11 is 0. The summed E-state index contributed by atoms with van der Waals surface area (Å²) in [7, 11) is 2.56. The van der Waals surface area contributed by atoms with Crippen molar-refractivity contribution in [1.29, 1.82) is 0 Å². The molecule has 15 nitrogen and oxygen atoms in total. The lowest BCUT2D eigenvalue weighted by molar-refractivity contribution is -0.135. The molecule has 0 spiro atoms. The molecular formula is C54H58N8O7. The molecule has 7 aromatic rings. The number of hydrogen-bond acceptors (Lipinski definition) is 9. The molecule has 15 heteroatoms. The van der Waals surface area contributed by atoms with E-state index in [0.29, 0.717) is 55.7 Å². The van der Waals surface area contributed by atoms with E-state index in [4.69, 9.17) is 30.6 Å². The Morgan fingerprint density at radius 3 is 2.07 bits per heavy atom. The van der Waals surface area contributed by atoms with Crippen LogP contribution in [0.3, 0.4) is 0 Å². The highest BCUT2D eigenvalue weighted by Crippen LogP contribution is 2.39. The number of carbonyl (C=O) groups is 4. The van der Waals surface area contributed by atoms with Crippen molar-refractivity contribution in [2.75, 3.05) is 40.5 Å². The average molecular weight is 931 g/mol. The van der Waals surface area contributed by atoms with Crippen LogP contribution in [0.5, 0.6) is 0 Å². The Kier molecular flexibility index (Phi) is 13.8. The number of likely N-dealkylation sites (tertiary alicyclic amines) is 1. The second-order valence-corrected chi connectivity index (χ2v) is 18.6. The van der Waals surface area contributed by atoms with Gasteiger partial charge in [-0.25, -0.2) is 19.6 Å². The van der Waals surface area contributed by atoms with Crippen molar-refractivity contribution >= 4 is 67.6 Å². The fourth-order valence-electron chi connectivity index (χ4n) is 9.69. The van der Waals surface area contributed by atoms with Gasteiger partial charge in [-0.15, -0.1) is 12.3 Å². The summed E-state index contributed by atoms with van der Waals surface area (Å²) in [5, 5.41) is 9.42. The molecule has 69 heavy (non-hydrogen) atoms. The Labute approximate surface area is 400 Å². The van der Waals surface area contributed by atoms with E-state index in [0.717, 1.165) is 61.3 Å². The van der Waals surface area contributed by atoms with Crippen LogP contribution >= 0.6 is 0 Å². The van der Waals surface area contributed by atoms with Gasteiger partial charge in [0.15, 0.2) is 0 Å². The van der Waals surface area contributed by atoms with E-state index in [9.17, 15) is 19.2 Å². The highest BCUT2D eigenvalue weighted by molar-refractivity contribution is 6.07. The standard InChI is InChI=1S/C54H58N8O7/c1-6-7-24-61(51(63)46(32(2)3)59-53(65)67-4)29-45-55-42-22-18-38-26-36(16-20-40(38)48(42)57-45)37-17-21-41-39(27-37)19-23-43-49(41)58-50(56-43)44-25-34(31-69-30-33-12-11-13-33)28-62(44)52(64)47(60-54(66)68-5)35-14-9-8-10-15-35/h1,8-10,14-23,26-27,32-34,44,46-47H,7,11-13,24-25,28-31H2,2-5H3,(H,55,57)(H,56,58)(H,59,65)(H,60,66)/t34-,44-,46-,47+/m0/s1. The molecule has 2 fully saturated rings. The van der Waals surface area contributed by atoms with Gasteiger partial charge in [-0.1, -0.05) is 87.0 Å². The second kappa shape index (κ2) is 20.4. The number of alkyl carbamates (subject to hydrolysis) is 2. The van der Waals surface area contributed by atoms with Gasteiger partial charge in [-0.05, 0) is 82.8 Å². The zero-order valence-electron chi connectivity index (χ0n) is 39.4. The van der Waals surface area contributed by atoms with Crippen molar-refractivity contribution < 1.29 is 33.4 Å². The van der Waals surface area contributed by atoms with Crippen molar-refractivity contribution in [2.45, 2.75) is 70.6 Å². The summed E-state index contributed by atoms with van der Waals surface area (Å²) < 4.78 is 16.0. The van der Waals surface area contributed by atoms with Crippen LogP contribution in [0.15, 0.2) is 91.0 Å². The number of H-pyrrole nitrogens is 2. The quantitative estimate of drug-likeness (QED) is 0.0688. The minimum Gasteiger partial charge on any atom is -0.453 e. The molecule has 5 aromatic carbocycles. The molecule has 0 unspecified atom stereocenters. The van der Waals surface area contributed by atoms with Crippen molar-refractivity contribution in [3.05, 3.63) is 108 Å². The normalized spacial score (nSPS) is 16.9. The molecule has 356 valence electrons. The van der Waals surface area contributed by atoms with Gasteiger partial charge in [-0.3, -0.25) is 9.59 Å². The third-order valence-corrected chi connectivity index (χ3v) is 13.7. The number of aromatic nitrogens is 4. The number of rotatable bonds is 16. The number of aromatic amines is 2. The number of nitrogens with zero attached hydrogens (tertiary/aromatic N) is 4. The van der Waals surface area contributed by atoms with Gasteiger partial charge < -0.3 is 44.6 Å². The first-order valence-electron chi connectivity index (χ1n) is 23.7. The summed E-state index contributed by atoms with van der Waals surface area (Å²) in [5.41, 5.74) is 6.03. The van der Waals surface area contributed by atoms with Crippen LogP contribution in [-0.2, 0) is 30.3 Å². The van der Waals surface area contributed by atoms with Crippen molar-refractivity contribution in [3.63, 3.8) is 0 Å². The first-order chi connectivity index (χ1) is 33.5. The topological polar surface area (TPSA) is 184 Å². The summed E-state index contributed by atoms with van der Waals surface area (Å²) in [5.74, 6) is 3.90. The number of amides is 4. The number of methoxy groups -OCH3 is 2. The molecule has 1 saturated carbocycles. The fraction of sp³-hybridized carbons (Fsp3) is 0.370. The lowest BCUT2D eigenvalue weighted by Gasteiger charge is -2.28. The largest absolute Gasteiger partial charge is 0.453 e. The van der Waals surface area contributed by atoms with Crippen LogP contribution in [0.25, 0.3) is 54.7 Å². The second-order valence-electron chi connectivity index (χ2n) is 18.6. The SMILES string of the molecule is C#CCCN(Cc1nc2c(ccc3cc(-c4ccc5c(ccc6[nH]c([C@@H]7C[C@H](COCC8CCC8)CN7C(=O)[C@H](NC(=O)OC)c7ccccc7)nc65)c4)ccc32)[nH]1)C(=O)[C@@H](NC(=O)OC)C(C)C. The van der Waals surface area contributed by atoms with Gasteiger partial charge >= 0.3 is 12.2 Å². The molecule has 9 rings (SSSR count). The minimum absolute atomic E-state index is 0.0836.